The average molecular weight is 585 g/mol. The molecule has 9 nitrogen and oxygen atoms in total. The highest BCUT2D eigenvalue weighted by Crippen LogP contribution is 2.32. The second-order valence-corrected chi connectivity index (χ2v) is 12.0. The van der Waals surface area contributed by atoms with E-state index in [2.05, 4.69) is 4.98 Å². The Morgan fingerprint density at radius 3 is 2.30 bits per heavy atom. The number of aromatic nitrogens is 1. The van der Waals surface area contributed by atoms with E-state index >= 15 is 0 Å². The second kappa shape index (κ2) is 12.3. The number of rotatable bonds is 8. The van der Waals surface area contributed by atoms with E-state index in [1.54, 1.807) is 30.9 Å². The molecule has 1 aromatic carbocycles. The molecule has 0 spiro atoms. The van der Waals surface area contributed by atoms with Gasteiger partial charge in [0.2, 0.25) is 15.9 Å². The summed E-state index contributed by atoms with van der Waals surface area (Å²) in [6.45, 7) is 5.44. The topological polar surface area (TPSA) is 92.3 Å². The van der Waals surface area contributed by atoms with E-state index in [0.29, 0.717) is 61.8 Å². The standard InChI is InChI=1S/C27H35F3N4O5S/c1-19-14-23(38-3)15-20(2)26(19)40(36,37)34-9-5-4-6-22(34)17-39-18-25(35)33-12-10-32(11-13-33)24-8-7-21(16-31-24)27(28,29)30/h7-8,14-16,22H,4-6,9-13,17-18H2,1-3H3. The Bertz CT molecular complexity index is 1270. The van der Waals surface area contributed by atoms with Crippen molar-refractivity contribution in [2.75, 3.05) is 57.9 Å². The van der Waals surface area contributed by atoms with Gasteiger partial charge in [-0.15, -0.1) is 0 Å². The number of anilines is 1. The molecule has 13 heteroatoms. The average Bonchev–Trinajstić information content (AvgIpc) is 2.92. The number of methoxy groups -OCH3 is 1. The van der Waals surface area contributed by atoms with Gasteiger partial charge in [-0.1, -0.05) is 6.42 Å². The number of hydrogen-bond donors (Lipinski definition) is 0. The van der Waals surface area contributed by atoms with Gasteiger partial charge in [0.1, 0.15) is 18.2 Å². The van der Waals surface area contributed by atoms with Gasteiger partial charge in [0, 0.05) is 45.0 Å². The number of piperidine rings is 1. The molecule has 2 aromatic rings. The van der Waals surface area contributed by atoms with Crippen molar-refractivity contribution >= 4 is 21.7 Å². The van der Waals surface area contributed by atoms with E-state index < -0.39 is 21.8 Å². The third-order valence-corrected chi connectivity index (χ3v) is 9.63. The monoisotopic (exact) mass is 584 g/mol. The molecule has 0 radical (unpaired) electrons. The molecular weight excluding hydrogens is 549 g/mol. The number of piperazine rings is 1. The summed E-state index contributed by atoms with van der Waals surface area (Å²) in [5, 5.41) is 0. The highest BCUT2D eigenvalue weighted by Gasteiger charge is 2.36. The van der Waals surface area contributed by atoms with Crippen molar-refractivity contribution in [3.8, 4) is 5.75 Å². The molecule has 0 saturated carbocycles. The molecule has 2 fully saturated rings. The van der Waals surface area contributed by atoms with Gasteiger partial charge < -0.3 is 19.3 Å². The molecule has 0 N–H and O–H groups in total. The van der Waals surface area contributed by atoms with E-state index in [1.165, 1.54) is 17.5 Å². The fourth-order valence-electron chi connectivity index (χ4n) is 5.31. The summed E-state index contributed by atoms with van der Waals surface area (Å²) >= 11 is 0. The molecule has 2 aliphatic rings. The number of ether oxygens (including phenoxy) is 2. The fraction of sp³-hybridized carbons (Fsp3) is 0.556. The molecule has 0 aliphatic carbocycles. The first-order valence-corrected chi connectivity index (χ1v) is 14.7. The van der Waals surface area contributed by atoms with Crippen molar-refractivity contribution in [2.45, 2.75) is 50.2 Å². The van der Waals surface area contributed by atoms with Crippen molar-refractivity contribution in [1.29, 1.82) is 0 Å². The smallest absolute Gasteiger partial charge is 0.417 e. The maximum absolute atomic E-state index is 13.7. The largest absolute Gasteiger partial charge is 0.497 e. The zero-order chi connectivity index (χ0) is 29.1. The Balaban J connectivity index is 1.31. The normalized spacial score (nSPS) is 19.1. The van der Waals surface area contributed by atoms with Crippen LogP contribution in [0.1, 0.15) is 36.0 Å². The lowest BCUT2D eigenvalue weighted by molar-refractivity contribution is -0.138. The molecule has 4 rings (SSSR count). The highest BCUT2D eigenvalue weighted by atomic mass is 32.2. The van der Waals surface area contributed by atoms with Crippen molar-refractivity contribution in [1.82, 2.24) is 14.2 Å². The van der Waals surface area contributed by atoms with Crippen LogP contribution in [0.5, 0.6) is 5.75 Å². The Morgan fingerprint density at radius 2 is 1.73 bits per heavy atom. The van der Waals surface area contributed by atoms with Crippen LogP contribution >= 0.6 is 0 Å². The van der Waals surface area contributed by atoms with Gasteiger partial charge in [0.25, 0.3) is 0 Å². The number of aryl methyl sites for hydroxylation is 2. The Labute approximate surface area is 232 Å². The van der Waals surface area contributed by atoms with Crippen LogP contribution in [0.25, 0.3) is 0 Å². The summed E-state index contributed by atoms with van der Waals surface area (Å²) in [6, 6.07) is 5.38. The summed E-state index contributed by atoms with van der Waals surface area (Å²) in [5.41, 5.74) is 0.423. The molecular formula is C27H35F3N4O5S. The van der Waals surface area contributed by atoms with Gasteiger partial charge in [-0.2, -0.15) is 17.5 Å². The minimum atomic E-state index is -4.44. The molecule has 0 bridgehead atoms. The van der Waals surface area contributed by atoms with Crippen LogP contribution in [0, 0.1) is 13.8 Å². The number of nitrogens with zero attached hydrogens (tertiary/aromatic N) is 4. The molecule has 2 aliphatic heterocycles. The van der Waals surface area contributed by atoms with Crippen LogP contribution in [-0.2, 0) is 25.7 Å². The van der Waals surface area contributed by atoms with Gasteiger partial charge >= 0.3 is 6.18 Å². The number of pyridine rings is 1. The van der Waals surface area contributed by atoms with E-state index in [1.807, 2.05) is 4.90 Å². The Morgan fingerprint density at radius 1 is 1.05 bits per heavy atom. The number of alkyl halides is 3. The SMILES string of the molecule is COc1cc(C)c(S(=O)(=O)N2CCCCC2COCC(=O)N2CCN(c3ccc(C(F)(F)F)cn3)CC2)c(C)c1. The molecule has 1 unspecified atom stereocenters. The molecule has 40 heavy (non-hydrogen) atoms. The first-order valence-electron chi connectivity index (χ1n) is 13.2. The van der Waals surface area contributed by atoms with Crippen LogP contribution in [0.2, 0.25) is 0 Å². The van der Waals surface area contributed by atoms with Gasteiger partial charge in [-0.25, -0.2) is 13.4 Å². The number of halogens is 3. The van der Waals surface area contributed by atoms with Gasteiger partial charge in [-0.3, -0.25) is 4.79 Å². The van der Waals surface area contributed by atoms with Gasteiger partial charge in [-0.05, 0) is 62.1 Å². The minimum Gasteiger partial charge on any atom is -0.497 e. The maximum atomic E-state index is 13.7. The van der Waals surface area contributed by atoms with E-state index in [-0.39, 0.29) is 30.1 Å². The Kier molecular flexibility index (Phi) is 9.26. The van der Waals surface area contributed by atoms with Crippen LogP contribution in [-0.4, -0.2) is 87.6 Å². The van der Waals surface area contributed by atoms with E-state index in [4.69, 9.17) is 9.47 Å². The lowest BCUT2D eigenvalue weighted by atomic mass is 10.1. The van der Waals surface area contributed by atoms with Gasteiger partial charge in [0.05, 0.1) is 24.2 Å². The third kappa shape index (κ3) is 6.69. The summed E-state index contributed by atoms with van der Waals surface area (Å²) < 4.78 is 78.3. The molecule has 220 valence electrons. The predicted molar refractivity (Wildman–Crippen MR) is 143 cm³/mol. The molecule has 2 saturated heterocycles. The quantitative estimate of drug-likeness (QED) is 0.468. The second-order valence-electron chi connectivity index (χ2n) is 10.1. The fourth-order valence-corrected chi connectivity index (χ4v) is 7.40. The van der Waals surface area contributed by atoms with Crippen LogP contribution < -0.4 is 9.64 Å². The molecule has 3 heterocycles. The number of benzene rings is 1. The van der Waals surface area contributed by atoms with Crippen LogP contribution in [0.4, 0.5) is 19.0 Å². The van der Waals surface area contributed by atoms with E-state index in [0.717, 1.165) is 25.1 Å². The molecule has 1 atom stereocenters. The zero-order valence-corrected chi connectivity index (χ0v) is 23.7. The lowest BCUT2D eigenvalue weighted by Crippen LogP contribution is -2.50. The highest BCUT2D eigenvalue weighted by molar-refractivity contribution is 7.89. The van der Waals surface area contributed by atoms with Crippen molar-refractivity contribution < 1.29 is 35.9 Å². The van der Waals surface area contributed by atoms with Crippen LogP contribution in [0.15, 0.2) is 35.4 Å². The van der Waals surface area contributed by atoms with Crippen molar-refractivity contribution in [3.05, 3.63) is 47.2 Å². The third-order valence-electron chi connectivity index (χ3n) is 7.38. The predicted octanol–water partition coefficient (Wildman–Crippen LogP) is 3.63. The van der Waals surface area contributed by atoms with E-state index in [9.17, 15) is 26.4 Å². The maximum Gasteiger partial charge on any atom is 0.417 e. The number of hydrogen-bond acceptors (Lipinski definition) is 7. The number of carbonyl (C=O) groups is 1. The summed E-state index contributed by atoms with van der Waals surface area (Å²) in [7, 11) is -2.24. The molecule has 1 aromatic heterocycles. The van der Waals surface area contributed by atoms with Crippen LogP contribution in [0.3, 0.4) is 0 Å². The van der Waals surface area contributed by atoms with Gasteiger partial charge in [0.15, 0.2) is 0 Å². The number of carbonyl (C=O) groups excluding carboxylic acids is 1. The first kappa shape index (κ1) is 30.1. The van der Waals surface area contributed by atoms with Crippen molar-refractivity contribution in [2.24, 2.45) is 0 Å². The summed E-state index contributed by atoms with van der Waals surface area (Å²) in [6.07, 6.45) is -1.37. The summed E-state index contributed by atoms with van der Waals surface area (Å²) in [5.74, 6) is 0.812. The zero-order valence-electron chi connectivity index (χ0n) is 22.9. The number of amides is 1. The summed E-state index contributed by atoms with van der Waals surface area (Å²) in [4.78, 5) is 20.5. The first-order chi connectivity index (χ1) is 18.9. The number of sulfonamides is 1. The minimum absolute atomic E-state index is 0.106. The Hall–Kier alpha value is -2.90. The lowest BCUT2D eigenvalue weighted by Gasteiger charge is -2.36. The van der Waals surface area contributed by atoms with Crippen molar-refractivity contribution in [3.63, 3.8) is 0 Å². The molecule has 1 amide bonds.